The van der Waals surface area contributed by atoms with Gasteiger partial charge in [-0.25, -0.2) is 9.78 Å². The fourth-order valence-corrected chi connectivity index (χ4v) is 2.81. The molecule has 15 heteroatoms. The Morgan fingerprint density at radius 2 is 1.47 bits per heavy atom. The highest BCUT2D eigenvalue weighted by Gasteiger charge is 2.33. The molecule has 0 aliphatic heterocycles. The lowest BCUT2D eigenvalue weighted by atomic mass is 10.0. The number of carbonyl (C=O) groups is 6. The molecule has 1 rings (SSSR count). The van der Waals surface area contributed by atoms with Gasteiger partial charge in [0.15, 0.2) is 0 Å². The standard InChI is InChI=1S/C19H28N6O9/c1-8(2)15(25-16(30)10(20)3-9-6-21-7-22-9)18(32)23-11(4-13(26)27)17(31)24-12(19(33)34)5-14(28)29/h6-8,10-12,15H,3-5,20H2,1-2H3,(H,21,22)(H,23,32)(H,24,31)(H,25,30)(H,26,27)(H,28,29)(H,33,34). The van der Waals surface area contributed by atoms with Gasteiger partial charge in [-0.15, -0.1) is 0 Å². The van der Waals surface area contributed by atoms with E-state index in [1.54, 1.807) is 13.8 Å². The highest BCUT2D eigenvalue weighted by Crippen LogP contribution is 2.06. The molecule has 0 aliphatic carbocycles. The average molecular weight is 484 g/mol. The van der Waals surface area contributed by atoms with Crippen molar-refractivity contribution in [3.05, 3.63) is 18.2 Å². The van der Waals surface area contributed by atoms with Gasteiger partial charge in [0.1, 0.15) is 18.1 Å². The summed E-state index contributed by atoms with van der Waals surface area (Å²) in [5.74, 6) is -7.98. The molecule has 0 saturated heterocycles. The van der Waals surface area contributed by atoms with Gasteiger partial charge in [-0.05, 0) is 5.92 Å². The summed E-state index contributed by atoms with van der Waals surface area (Å²) < 4.78 is 0. The summed E-state index contributed by atoms with van der Waals surface area (Å²) in [5, 5.41) is 33.5. The Labute approximate surface area is 193 Å². The number of imidazole rings is 1. The number of nitrogens with two attached hydrogens (primary N) is 1. The molecule has 0 saturated carbocycles. The van der Waals surface area contributed by atoms with Crippen LogP contribution in [0.15, 0.2) is 12.5 Å². The molecule has 0 spiro atoms. The number of aliphatic carboxylic acids is 3. The Morgan fingerprint density at radius 3 is 1.94 bits per heavy atom. The lowest BCUT2D eigenvalue weighted by Crippen LogP contribution is -2.59. The molecule has 188 valence electrons. The van der Waals surface area contributed by atoms with Crippen molar-refractivity contribution in [3.63, 3.8) is 0 Å². The zero-order valence-corrected chi connectivity index (χ0v) is 18.5. The Balaban J connectivity index is 2.92. The van der Waals surface area contributed by atoms with Gasteiger partial charge in [0, 0.05) is 18.3 Å². The number of hydrogen-bond donors (Lipinski definition) is 8. The van der Waals surface area contributed by atoms with Crippen molar-refractivity contribution in [1.29, 1.82) is 0 Å². The van der Waals surface area contributed by atoms with Crippen LogP contribution in [0.1, 0.15) is 32.4 Å². The summed E-state index contributed by atoms with van der Waals surface area (Å²) in [7, 11) is 0. The van der Waals surface area contributed by atoms with Crippen LogP contribution in [0.25, 0.3) is 0 Å². The second-order valence-electron chi connectivity index (χ2n) is 7.77. The molecule has 4 atom stereocenters. The van der Waals surface area contributed by atoms with E-state index >= 15 is 0 Å². The molecule has 0 aromatic carbocycles. The van der Waals surface area contributed by atoms with Gasteiger partial charge in [-0.2, -0.15) is 0 Å². The molecule has 0 bridgehead atoms. The molecule has 15 nitrogen and oxygen atoms in total. The largest absolute Gasteiger partial charge is 0.481 e. The first-order valence-corrected chi connectivity index (χ1v) is 10.1. The van der Waals surface area contributed by atoms with Crippen LogP contribution in [0.3, 0.4) is 0 Å². The minimum atomic E-state index is -1.85. The summed E-state index contributed by atoms with van der Waals surface area (Å²) in [6.45, 7) is 3.18. The second-order valence-corrected chi connectivity index (χ2v) is 7.77. The molecule has 1 aromatic rings. The summed E-state index contributed by atoms with van der Waals surface area (Å²) >= 11 is 0. The van der Waals surface area contributed by atoms with E-state index in [4.69, 9.17) is 21.1 Å². The van der Waals surface area contributed by atoms with E-state index in [0.717, 1.165) is 0 Å². The van der Waals surface area contributed by atoms with Crippen molar-refractivity contribution in [3.8, 4) is 0 Å². The molecule has 9 N–H and O–H groups in total. The molecule has 34 heavy (non-hydrogen) atoms. The lowest BCUT2D eigenvalue weighted by Gasteiger charge is -2.26. The van der Waals surface area contributed by atoms with Crippen LogP contribution in [0, 0.1) is 5.92 Å². The molecular formula is C19H28N6O9. The maximum atomic E-state index is 12.8. The maximum Gasteiger partial charge on any atom is 0.326 e. The summed E-state index contributed by atoms with van der Waals surface area (Å²) in [6.07, 6.45) is 1.10. The highest BCUT2D eigenvalue weighted by molar-refractivity contribution is 5.96. The van der Waals surface area contributed by atoms with E-state index in [1.807, 2.05) is 5.32 Å². The van der Waals surface area contributed by atoms with E-state index in [9.17, 15) is 28.8 Å². The summed E-state index contributed by atoms with van der Waals surface area (Å²) in [6, 6.07) is -5.84. The van der Waals surface area contributed by atoms with Crippen molar-refractivity contribution in [1.82, 2.24) is 25.9 Å². The SMILES string of the molecule is CC(C)C(NC(=O)C(N)Cc1cnc[nH]1)C(=O)NC(CC(=O)O)C(=O)NC(CC(=O)O)C(=O)O. The number of carboxylic acids is 3. The number of carbonyl (C=O) groups excluding carboxylic acids is 3. The monoisotopic (exact) mass is 484 g/mol. The number of rotatable bonds is 14. The Kier molecular flexibility index (Phi) is 10.6. The van der Waals surface area contributed by atoms with Crippen molar-refractivity contribution in [2.24, 2.45) is 11.7 Å². The second kappa shape index (κ2) is 12.9. The first-order valence-electron chi connectivity index (χ1n) is 10.1. The van der Waals surface area contributed by atoms with Crippen LogP contribution in [0.2, 0.25) is 0 Å². The highest BCUT2D eigenvalue weighted by atomic mass is 16.4. The van der Waals surface area contributed by atoms with E-state index < -0.39 is 78.6 Å². The van der Waals surface area contributed by atoms with E-state index in [0.29, 0.717) is 5.69 Å². The number of carboxylic acid groups (broad SMARTS) is 3. The lowest BCUT2D eigenvalue weighted by molar-refractivity contribution is -0.148. The van der Waals surface area contributed by atoms with Crippen molar-refractivity contribution in [2.45, 2.75) is 57.3 Å². The van der Waals surface area contributed by atoms with Gasteiger partial charge in [-0.3, -0.25) is 24.0 Å². The average Bonchev–Trinajstić information content (AvgIpc) is 3.22. The maximum absolute atomic E-state index is 12.8. The topological polar surface area (TPSA) is 254 Å². The fourth-order valence-electron chi connectivity index (χ4n) is 2.81. The van der Waals surface area contributed by atoms with E-state index in [2.05, 4.69) is 20.6 Å². The zero-order valence-electron chi connectivity index (χ0n) is 18.5. The van der Waals surface area contributed by atoms with Crippen LogP contribution in [-0.4, -0.2) is 85.1 Å². The Hall–Kier alpha value is -4.01. The van der Waals surface area contributed by atoms with Crippen LogP contribution in [0.5, 0.6) is 0 Å². The predicted octanol–water partition coefficient (Wildman–Crippen LogP) is -2.58. The smallest absolute Gasteiger partial charge is 0.326 e. The number of hydrogen-bond acceptors (Lipinski definition) is 8. The third-order valence-electron chi connectivity index (χ3n) is 4.58. The molecule has 1 aromatic heterocycles. The minimum absolute atomic E-state index is 0.0997. The van der Waals surface area contributed by atoms with Crippen molar-refractivity contribution >= 4 is 35.6 Å². The van der Waals surface area contributed by atoms with Crippen molar-refractivity contribution < 1.29 is 44.1 Å². The first kappa shape index (κ1) is 28.0. The van der Waals surface area contributed by atoms with Crippen molar-refractivity contribution in [2.75, 3.05) is 0 Å². The van der Waals surface area contributed by atoms with Gasteiger partial charge in [0.25, 0.3) is 0 Å². The molecule has 3 amide bonds. The quantitative estimate of drug-likeness (QED) is 0.136. The van der Waals surface area contributed by atoms with Crippen LogP contribution < -0.4 is 21.7 Å². The van der Waals surface area contributed by atoms with Gasteiger partial charge >= 0.3 is 17.9 Å². The molecule has 4 unspecified atom stereocenters. The minimum Gasteiger partial charge on any atom is -0.481 e. The van der Waals surface area contributed by atoms with Gasteiger partial charge in [0.05, 0.1) is 25.2 Å². The molecule has 0 aliphatic rings. The third-order valence-corrected chi connectivity index (χ3v) is 4.58. The van der Waals surface area contributed by atoms with Gasteiger partial charge in [0.2, 0.25) is 17.7 Å². The molecule has 0 fully saturated rings. The zero-order chi connectivity index (χ0) is 26.0. The predicted molar refractivity (Wildman–Crippen MR) is 113 cm³/mol. The molecule has 1 heterocycles. The Bertz CT molecular complexity index is 902. The van der Waals surface area contributed by atoms with Gasteiger partial charge in [-0.1, -0.05) is 13.8 Å². The summed E-state index contributed by atoms with van der Waals surface area (Å²) in [5.41, 5.74) is 6.44. The van der Waals surface area contributed by atoms with Crippen LogP contribution in [-0.2, 0) is 35.2 Å². The molecule has 0 radical (unpaired) electrons. The van der Waals surface area contributed by atoms with Crippen LogP contribution >= 0.6 is 0 Å². The number of nitrogens with zero attached hydrogens (tertiary/aromatic N) is 1. The van der Waals surface area contributed by atoms with E-state index in [-0.39, 0.29) is 6.42 Å². The summed E-state index contributed by atoms with van der Waals surface area (Å²) in [4.78, 5) is 77.5. The number of nitrogens with one attached hydrogen (secondary N) is 4. The third kappa shape index (κ3) is 9.23. The Morgan fingerprint density at radius 1 is 0.912 bits per heavy atom. The number of H-pyrrole nitrogens is 1. The normalized spacial score (nSPS) is 14.4. The number of amides is 3. The number of aromatic nitrogens is 2. The fraction of sp³-hybridized carbons (Fsp3) is 0.526. The first-order chi connectivity index (χ1) is 15.8. The van der Waals surface area contributed by atoms with Crippen LogP contribution in [0.4, 0.5) is 0 Å². The molecular weight excluding hydrogens is 456 g/mol. The van der Waals surface area contributed by atoms with Gasteiger partial charge < -0.3 is 42.0 Å². The number of aromatic amines is 1. The van der Waals surface area contributed by atoms with E-state index in [1.165, 1.54) is 12.5 Å².